The molecule has 0 bridgehead atoms. The second kappa shape index (κ2) is 7.88. The summed E-state index contributed by atoms with van der Waals surface area (Å²) in [6.45, 7) is 2.91. The van der Waals surface area contributed by atoms with Gasteiger partial charge < -0.3 is 4.74 Å². The second-order valence-electron chi connectivity index (χ2n) is 3.48. The lowest BCUT2D eigenvalue weighted by atomic mass is 10.1. The van der Waals surface area contributed by atoms with E-state index in [1.165, 1.54) is 32.1 Å². The largest absolute Gasteiger partial charge is 0.475 e. The van der Waals surface area contributed by atoms with Crippen LogP contribution in [0.3, 0.4) is 0 Å². The van der Waals surface area contributed by atoms with Crippen LogP contribution in [0.1, 0.15) is 45.4 Å². The summed E-state index contributed by atoms with van der Waals surface area (Å²) in [5, 5.41) is 0.381. The van der Waals surface area contributed by atoms with E-state index < -0.39 is 0 Å². The van der Waals surface area contributed by atoms with Crippen molar-refractivity contribution in [3.63, 3.8) is 0 Å². The Bertz CT molecular complexity index is 268. The van der Waals surface area contributed by atoms with Crippen molar-refractivity contribution < 1.29 is 4.74 Å². The van der Waals surface area contributed by atoms with Gasteiger partial charge >= 0.3 is 0 Å². The minimum absolute atomic E-state index is 0.381. The molecule has 0 atom stereocenters. The Morgan fingerprint density at radius 2 is 1.87 bits per heavy atom. The monoisotopic (exact) mass is 248 g/mol. The summed E-state index contributed by atoms with van der Waals surface area (Å²) < 4.78 is 13.2. The molecule has 0 aliphatic carbocycles. The van der Waals surface area contributed by atoms with Crippen LogP contribution in [0.25, 0.3) is 0 Å². The molecule has 0 saturated carbocycles. The molecule has 0 aromatic carbocycles. The van der Waals surface area contributed by atoms with Crippen LogP contribution in [0, 0.1) is 0 Å². The zero-order chi connectivity index (χ0) is 10.9. The molecule has 0 unspecified atom stereocenters. The number of hydrogen-bond donors (Lipinski definition) is 0. The maximum atomic E-state index is 5.73. The Morgan fingerprint density at radius 1 is 1.13 bits per heavy atom. The third-order valence-electron chi connectivity index (χ3n) is 2.16. The van der Waals surface area contributed by atoms with Gasteiger partial charge in [-0.15, -0.1) is 4.37 Å². The maximum Gasteiger partial charge on any atom is 0.265 e. The molecule has 0 amide bonds. The maximum absolute atomic E-state index is 5.73. The third-order valence-corrected chi connectivity index (χ3v) is 3.02. The highest BCUT2D eigenvalue weighted by Gasteiger charge is 2.04. The van der Waals surface area contributed by atoms with Crippen molar-refractivity contribution in [2.24, 2.45) is 0 Å². The summed E-state index contributed by atoms with van der Waals surface area (Å²) in [4.78, 5) is 0. The van der Waals surface area contributed by atoms with E-state index in [0.29, 0.717) is 17.6 Å². The molecule has 0 fully saturated rings. The molecule has 1 rings (SSSR count). The van der Waals surface area contributed by atoms with E-state index in [-0.39, 0.29) is 0 Å². The average molecular weight is 249 g/mol. The topological polar surface area (TPSA) is 35.0 Å². The van der Waals surface area contributed by atoms with Gasteiger partial charge in [-0.3, -0.25) is 0 Å². The van der Waals surface area contributed by atoms with E-state index in [4.69, 9.17) is 16.3 Å². The first-order valence-electron chi connectivity index (χ1n) is 5.45. The number of nitrogens with zero attached hydrogens (tertiary/aromatic N) is 2. The minimum Gasteiger partial charge on any atom is -0.475 e. The highest BCUT2D eigenvalue weighted by Crippen LogP contribution is 2.20. The fourth-order valence-electron chi connectivity index (χ4n) is 1.31. The molecule has 3 nitrogen and oxygen atoms in total. The number of ether oxygens (including phenoxy) is 1. The predicted molar refractivity (Wildman–Crippen MR) is 63.8 cm³/mol. The standard InChI is InChI=1S/C10H17ClN2OS/c1-2-3-4-5-6-7-8-14-10-9(11)12-15-13-10/h2-8H2,1H3. The molecule has 1 aromatic rings. The summed E-state index contributed by atoms with van der Waals surface area (Å²) in [5.74, 6) is 0.482. The molecule has 5 heteroatoms. The van der Waals surface area contributed by atoms with Crippen molar-refractivity contribution in [3.05, 3.63) is 5.15 Å². The van der Waals surface area contributed by atoms with E-state index >= 15 is 0 Å². The zero-order valence-corrected chi connectivity index (χ0v) is 10.6. The normalized spacial score (nSPS) is 10.5. The number of unbranched alkanes of at least 4 members (excludes halogenated alkanes) is 5. The van der Waals surface area contributed by atoms with Crippen LogP contribution in [0.2, 0.25) is 5.15 Å². The van der Waals surface area contributed by atoms with Gasteiger partial charge in [-0.1, -0.05) is 50.6 Å². The van der Waals surface area contributed by atoms with Crippen molar-refractivity contribution in [3.8, 4) is 5.88 Å². The first-order valence-corrected chi connectivity index (χ1v) is 6.56. The van der Waals surface area contributed by atoms with Crippen LogP contribution in [0.15, 0.2) is 0 Å². The van der Waals surface area contributed by atoms with E-state index in [0.717, 1.165) is 18.1 Å². The third kappa shape index (κ3) is 5.33. The molecule has 0 N–H and O–H groups in total. The Balaban J connectivity index is 1.96. The van der Waals surface area contributed by atoms with Gasteiger partial charge in [-0.05, 0) is 6.42 Å². The van der Waals surface area contributed by atoms with Gasteiger partial charge in [-0.2, -0.15) is 4.37 Å². The van der Waals surface area contributed by atoms with Crippen molar-refractivity contribution >= 4 is 23.3 Å². The molecule has 86 valence electrons. The number of rotatable bonds is 8. The Morgan fingerprint density at radius 3 is 2.53 bits per heavy atom. The Hall–Kier alpha value is -0.350. The summed E-state index contributed by atoms with van der Waals surface area (Å²) in [6, 6.07) is 0. The van der Waals surface area contributed by atoms with Crippen LogP contribution >= 0.6 is 23.3 Å². The Labute approximate surface area is 100 Å². The van der Waals surface area contributed by atoms with E-state index in [2.05, 4.69) is 15.7 Å². The van der Waals surface area contributed by atoms with Crippen LogP contribution < -0.4 is 4.74 Å². The van der Waals surface area contributed by atoms with Gasteiger partial charge in [0.1, 0.15) is 0 Å². The first kappa shape index (κ1) is 12.7. The van der Waals surface area contributed by atoms with Gasteiger partial charge in [-0.25, -0.2) is 0 Å². The lowest BCUT2D eigenvalue weighted by Crippen LogP contribution is -1.97. The average Bonchev–Trinajstić information content (AvgIpc) is 2.63. The predicted octanol–water partition coefficient (Wildman–Crippen LogP) is 3.93. The lowest BCUT2D eigenvalue weighted by molar-refractivity contribution is 0.296. The van der Waals surface area contributed by atoms with Crippen molar-refractivity contribution in [1.82, 2.24) is 8.75 Å². The highest BCUT2D eigenvalue weighted by atomic mass is 35.5. The fourth-order valence-corrected chi connectivity index (χ4v) is 1.95. The first-order chi connectivity index (χ1) is 7.34. The van der Waals surface area contributed by atoms with Crippen molar-refractivity contribution in [2.75, 3.05) is 6.61 Å². The van der Waals surface area contributed by atoms with Crippen LogP contribution in [-0.2, 0) is 0 Å². The van der Waals surface area contributed by atoms with Crippen molar-refractivity contribution in [1.29, 1.82) is 0 Å². The number of halogens is 1. The molecule has 0 radical (unpaired) electrons. The SMILES string of the molecule is CCCCCCCCOc1nsnc1Cl. The number of hydrogen-bond acceptors (Lipinski definition) is 4. The van der Waals surface area contributed by atoms with Gasteiger partial charge in [0, 0.05) is 0 Å². The number of aromatic nitrogens is 2. The van der Waals surface area contributed by atoms with Gasteiger partial charge in [0.2, 0.25) is 5.15 Å². The van der Waals surface area contributed by atoms with Crippen LogP contribution in [0.5, 0.6) is 5.88 Å². The van der Waals surface area contributed by atoms with Crippen molar-refractivity contribution in [2.45, 2.75) is 45.4 Å². The summed E-state index contributed by atoms with van der Waals surface area (Å²) in [6.07, 6.45) is 7.53. The van der Waals surface area contributed by atoms with Crippen LogP contribution in [0.4, 0.5) is 0 Å². The molecule has 1 heterocycles. The van der Waals surface area contributed by atoms with Crippen LogP contribution in [-0.4, -0.2) is 15.4 Å². The summed E-state index contributed by atoms with van der Waals surface area (Å²) >= 11 is 6.82. The molecule has 0 saturated heterocycles. The zero-order valence-electron chi connectivity index (χ0n) is 9.04. The van der Waals surface area contributed by atoms with Gasteiger partial charge in [0.05, 0.1) is 18.3 Å². The molecule has 0 aliphatic heterocycles. The van der Waals surface area contributed by atoms with Gasteiger partial charge in [0.15, 0.2) is 0 Å². The lowest BCUT2D eigenvalue weighted by Gasteiger charge is -2.02. The molecule has 15 heavy (non-hydrogen) atoms. The quantitative estimate of drug-likeness (QED) is 0.654. The summed E-state index contributed by atoms with van der Waals surface area (Å²) in [7, 11) is 0. The molecular weight excluding hydrogens is 232 g/mol. The molecule has 0 aliphatic rings. The van der Waals surface area contributed by atoms with Gasteiger partial charge in [0.25, 0.3) is 5.88 Å². The highest BCUT2D eigenvalue weighted by molar-refractivity contribution is 6.99. The molecule has 0 spiro atoms. The smallest absolute Gasteiger partial charge is 0.265 e. The van der Waals surface area contributed by atoms with E-state index in [1.54, 1.807) is 0 Å². The Kier molecular flexibility index (Phi) is 6.68. The second-order valence-corrected chi connectivity index (χ2v) is 4.36. The molecular formula is C10H17ClN2OS. The minimum atomic E-state index is 0.381. The van der Waals surface area contributed by atoms with E-state index in [1.807, 2.05) is 0 Å². The summed E-state index contributed by atoms with van der Waals surface area (Å²) in [5.41, 5.74) is 0. The van der Waals surface area contributed by atoms with E-state index in [9.17, 15) is 0 Å². The molecule has 1 aromatic heterocycles. The fraction of sp³-hybridized carbons (Fsp3) is 0.800.